The smallest absolute Gasteiger partial charge is 0.229 e. The average molecular weight is 311 g/mol. The van der Waals surface area contributed by atoms with Gasteiger partial charge in [0.2, 0.25) is 5.91 Å². The van der Waals surface area contributed by atoms with Crippen LogP contribution in [0.2, 0.25) is 10.2 Å². The van der Waals surface area contributed by atoms with Crippen LogP contribution in [0, 0.1) is 0 Å². The highest BCUT2D eigenvalue weighted by Gasteiger charge is 2.31. The molecule has 1 saturated heterocycles. The monoisotopic (exact) mass is 309 g/mol. The predicted molar refractivity (Wildman–Crippen MR) is 61.7 cm³/mol. The first kappa shape index (κ1) is 11.1. The van der Waals surface area contributed by atoms with Crippen molar-refractivity contribution in [2.45, 2.75) is 11.2 Å². The van der Waals surface area contributed by atoms with Gasteiger partial charge < -0.3 is 0 Å². The highest BCUT2D eigenvalue weighted by atomic mass is 79.9. The molecule has 0 spiro atoms. The van der Waals surface area contributed by atoms with Crippen LogP contribution >= 0.6 is 39.1 Å². The number of aromatic nitrogens is 2. The lowest BCUT2D eigenvalue weighted by atomic mass is 10.4. The zero-order valence-electron chi connectivity index (χ0n) is 7.45. The van der Waals surface area contributed by atoms with Gasteiger partial charge in [-0.2, -0.15) is 0 Å². The molecule has 1 aliphatic rings. The van der Waals surface area contributed by atoms with Gasteiger partial charge in [0.05, 0.1) is 0 Å². The van der Waals surface area contributed by atoms with Crippen LogP contribution in [0.15, 0.2) is 6.33 Å². The van der Waals surface area contributed by atoms with Crippen molar-refractivity contribution in [1.82, 2.24) is 9.97 Å². The van der Waals surface area contributed by atoms with E-state index in [-0.39, 0.29) is 20.9 Å². The number of halogens is 3. The first-order chi connectivity index (χ1) is 7.09. The van der Waals surface area contributed by atoms with E-state index in [0.29, 0.717) is 18.8 Å². The van der Waals surface area contributed by atoms with Crippen LogP contribution < -0.4 is 4.90 Å². The summed E-state index contributed by atoms with van der Waals surface area (Å²) in [5, 5.41) is 0.376. The molecule has 0 aromatic carbocycles. The van der Waals surface area contributed by atoms with Gasteiger partial charge in [0.1, 0.15) is 11.3 Å². The molecule has 0 saturated carbocycles. The molecule has 1 aliphatic heterocycles. The Labute approximate surface area is 105 Å². The second-order valence-electron chi connectivity index (χ2n) is 3.11. The summed E-state index contributed by atoms with van der Waals surface area (Å²) in [4.78, 5) is 20.9. The molecular formula is C8H6BrCl2N3O. The van der Waals surface area contributed by atoms with Gasteiger partial charge in [-0.05, 0) is 0 Å². The van der Waals surface area contributed by atoms with E-state index in [2.05, 4.69) is 25.9 Å². The second-order valence-corrected chi connectivity index (χ2v) is 5.14. The molecule has 1 amide bonds. The van der Waals surface area contributed by atoms with E-state index in [1.165, 1.54) is 11.2 Å². The van der Waals surface area contributed by atoms with Gasteiger partial charge in [-0.25, -0.2) is 9.97 Å². The minimum Gasteiger partial charge on any atom is -0.294 e. The molecule has 15 heavy (non-hydrogen) atoms. The number of rotatable bonds is 1. The quantitative estimate of drug-likeness (QED) is 0.590. The summed E-state index contributed by atoms with van der Waals surface area (Å²) in [7, 11) is 0. The van der Waals surface area contributed by atoms with E-state index in [1.54, 1.807) is 0 Å². The van der Waals surface area contributed by atoms with Gasteiger partial charge in [0.15, 0.2) is 11.0 Å². The number of alkyl halides is 1. The zero-order chi connectivity index (χ0) is 11.0. The summed E-state index contributed by atoms with van der Waals surface area (Å²) in [5.74, 6) is 0.358. The Kier molecular flexibility index (Phi) is 3.13. The standard InChI is InChI=1S/C8H6BrCl2N3O/c9-4-1-5(15)14(2-4)8-6(10)7(11)12-3-13-8/h3-4H,1-2H2. The molecule has 0 radical (unpaired) electrons. The Bertz CT molecular complexity index is 415. The maximum absolute atomic E-state index is 11.6. The lowest BCUT2D eigenvalue weighted by Crippen LogP contribution is -2.26. The minimum absolute atomic E-state index is 0.0199. The molecule has 1 atom stereocenters. The first-order valence-electron chi connectivity index (χ1n) is 4.20. The van der Waals surface area contributed by atoms with E-state index in [0.717, 1.165) is 0 Å². The number of hydrogen-bond donors (Lipinski definition) is 0. The highest BCUT2D eigenvalue weighted by molar-refractivity contribution is 9.09. The van der Waals surface area contributed by atoms with Crippen molar-refractivity contribution in [2.75, 3.05) is 11.4 Å². The van der Waals surface area contributed by atoms with Crippen LogP contribution in [-0.2, 0) is 4.79 Å². The van der Waals surface area contributed by atoms with Crippen molar-refractivity contribution in [3.63, 3.8) is 0 Å². The van der Waals surface area contributed by atoms with E-state index in [1.807, 2.05) is 0 Å². The van der Waals surface area contributed by atoms with Gasteiger partial charge in [-0.3, -0.25) is 9.69 Å². The fourth-order valence-electron chi connectivity index (χ4n) is 1.40. The third-order valence-corrected chi connectivity index (χ3v) is 3.41. The Morgan fingerprint density at radius 2 is 2.20 bits per heavy atom. The Balaban J connectivity index is 2.38. The highest BCUT2D eigenvalue weighted by Crippen LogP contribution is 2.32. The normalized spacial score (nSPS) is 21.1. The molecule has 0 aliphatic carbocycles. The van der Waals surface area contributed by atoms with Crippen LogP contribution in [0.4, 0.5) is 5.82 Å². The first-order valence-corrected chi connectivity index (χ1v) is 5.87. The van der Waals surface area contributed by atoms with Crippen LogP contribution in [0.3, 0.4) is 0 Å². The molecule has 0 bridgehead atoms. The number of nitrogens with zero attached hydrogens (tertiary/aromatic N) is 3. The van der Waals surface area contributed by atoms with Crippen molar-refractivity contribution >= 4 is 50.9 Å². The van der Waals surface area contributed by atoms with Crippen LogP contribution in [0.25, 0.3) is 0 Å². The fraction of sp³-hybridized carbons (Fsp3) is 0.375. The predicted octanol–water partition coefficient (Wildman–Crippen LogP) is 2.28. The number of carbonyl (C=O) groups excluding carboxylic acids is 1. The van der Waals surface area contributed by atoms with E-state index >= 15 is 0 Å². The Hall–Kier alpha value is -0.390. The van der Waals surface area contributed by atoms with Crippen molar-refractivity contribution < 1.29 is 4.79 Å². The third kappa shape index (κ3) is 2.09. The molecule has 1 fully saturated rings. The minimum atomic E-state index is -0.0199. The number of anilines is 1. The second kappa shape index (κ2) is 4.23. The molecule has 1 unspecified atom stereocenters. The molecular weight excluding hydrogens is 305 g/mol. The molecule has 2 rings (SSSR count). The molecule has 80 valence electrons. The lowest BCUT2D eigenvalue weighted by Gasteiger charge is -2.15. The van der Waals surface area contributed by atoms with Crippen LogP contribution in [0.5, 0.6) is 0 Å². The van der Waals surface area contributed by atoms with Crippen molar-refractivity contribution in [3.05, 3.63) is 16.5 Å². The average Bonchev–Trinajstić information content (AvgIpc) is 2.50. The van der Waals surface area contributed by atoms with Gasteiger partial charge in [0.25, 0.3) is 0 Å². The summed E-state index contributed by atoms with van der Waals surface area (Å²) in [6, 6.07) is 0. The maximum atomic E-state index is 11.6. The summed E-state index contributed by atoms with van der Waals surface area (Å²) >= 11 is 15.0. The lowest BCUT2D eigenvalue weighted by molar-refractivity contribution is -0.117. The van der Waals surface area contributed by atoms with E-state index in [4.69, 9.17) is 23.2 Å². The van der Waals surface area contributed by atoms with E-state index < -0.39 is 0 Å². The van der Waals surface area contributed by atoms with Crippen molar-refractivity contribution in [3.8, 4) is 0 Å². The van der Waals surface area contributed by atoms with Gasteiger partial charge in [-0.1, -0.05) is 39.1 Å². The number of amides is 1. The fourth-order valence-corrected chi connectivity index (χ4v) is 2.29. The SMILES string of the molecule is O=C1CC(Br)CN1c1ncnc(Cl)c1Cl. The largest absolute Gasteiger partial charge is 0.294 e. The molecule has 4 nitrogen and oxygen atoms in total. The number of carbonyl (C=O) groups is 1. The Morgan fingerprint density at radius 1 is 1.47 bits per heavy atom. The summed E-state index contributed by atoms with van der Waals surface area (Å²) in [6.07, 6.45) is 1.73. The maximum Gasteiger partial charge on any atom is 0.229 e. The van der Waals surface area contributed by atoms with Gasteiger partial charge in [0, 0.05) is 17.8 Å². The summed E-state index contributed by atoms with van der Waals surface area (Å²) < 4.78 is 0. The van der Waals surface area contributed by atoms with E-state index in [9.17, 15) is 4.79 Å². The van der Waals surface area contributed by atoms with Crippen molar-refractivity contribution in [1.29, 1.82) is 0 Å². The summed E-state index contributed by atoms with van der Waals surface area (Å²) in [6.45, 7) is 0.548. The van der Waals surface area contributed by atoms with Crippen LogP contribution in [-0.4, -0.2) is 27.2 Å². The number of hydrogen-bond acceptors (Lipinski definition) is 3. The van der Waals surface area contributed by atoms with Gasteiger partial charge >= 0.3 is 0 Å². The molecule has 2 heterocycles. The third-order valence-electron chi connectivity index (χ3n) is 2.06. The summed E-state index contributed by atoms with van der Waals surface area (Å²) in [5.41, 5.74) is 0. The van der Waals surface area contributed by atoms with Gasteiger partial charge in [-0.15, -0.1) is 0 Å². The Morgan fingerprint density at radius 3 is 2.80 bits per heavy atom. The molecule has 0 N–H and O–H groups in total. The van der Waals surface area contributed by atoms with Crippen molar-refractivity contribution in [2.24, 2.45) is 0 Å². The topological polar surface area (TPSA) is 46.1 Å². The molecule has 1 aromatic heterocycles. The zero-order valence-corrected chi connectivity index (χ0v) is 10.6. The molecule has 1 aromatic rings. The van der Waals surface area contributed by atoms with Crippen LogP contribution in [0.1, 0.15) is 6.42 Å². The molecule has 7 heteroatoms.